The molecule has 1 fully saturated rings. The zero-order valence-electron chi connectivity index (χ0n) is 24.6. The van der Waals surface area contributed by atoms with E-state index in [0.717, 1.165) is 35.5 Å². The summed E-state index contributed by atoms with van der Waals surface area (Å²) in [6.07, 6.45) is 0. The molecule has 0 atom stereocenters. The molecule has 0 N–H and O–H groups in total. The maximum atomic E-state index is 13.5. The van der Waals surface area contributed by atoms with Gasteiger partial charge >= 0.3 is 5.97 Å². The van der Waals surface area contributed by atoms with Crippen LogP contribution in [0.3, 0.4) is 0 Å². The van der Waals surface area contributed by atoms with Crippen LogP contribution < -0.4 is 4.90 Å². The highest BCUT2D eigenvalue weighted by Gasteiger charge is 2.27. The first-order chi connectivity index (χ1) is 21.7. The summed E-state index contributed by atoms with van der Waals surface area (Å²) in [4.78, 5) is 57.8. The van der Waals surface area contributed by atoms with Crippen molar-refractivity contribution in [2.24, 2.45) is 5.16 Å². The van der Waals surface area contributed by atoms with Crippen LogP contribution in [0, 0.1) is 17.0 Å². The molecular weight excluding hydrogens is 594 g/mol. The smallest absolute Gasteiger partial charge is 0.332 e. The Morgan fingerprint density at radius 3 is 1.96 bits per heavy atom. The van der Waals surface area contributed by atoms with Gasteiger partial charge < -0.3 is 14.5 Å². The fourth-order valence-electron chi connectivity index (χ4n) is 4.86. The molecule has 0 bridgehead atoms. The number of aryl methyl sites for hydroxylation is 1. The summed E-state index contributed by atoms with van der Waals surface area (Å²) in [5.74, 6) is -1.47. The van der Waals surface area contributed by atoms with Crippen molar-refractivity contribution >= 4 is 46.4 Å². The molecule has 1 aliphatic rings. The van der Waals surface area contributed by atoms with Gasteiger partial charge in [0.1, 0.15) is 0 Å². The van der Waals surface area contributed by atoms with Gasteiger partial charge in [0.25, 0.3) is 5.69 Å². The summed E-state index contributed by atoms with van der Waals surface area (Å²) in [7, 11) is 0. The molecule has 45 heavy (non-hydrogen) atoms. The summed E-state index contributed by atoms with van der Waals surface area (Å²) in [5.41, 5.74) is 2.21. The van der Waals surface area contributed by atoms with E-state index < -0.39 is 16.7 Å². The second kappa shape index (κ2) is 14.1. The maximum Gasteiger partial charge on any atom is 0.332 e. The topological polar surface area (TPSA) is 128 Å². The Morgan fingerprint density at radius 1 is 0.844 bits per heavy atom. The lowest BCUT2D eigenvalue weighted by molar-refractivity contribution is -0.385. The summed E-state index contributed by atoms with van der Waals surface area (Å²) in [5, 5.41) is 15.4. The molecule has 0 aromatic heterocycles. The number of benzene rings is 4. The lowest BCUT2D eigenvalue weighted by Gasteiger charge is -2.28. The number of hydrogen-bond acceptors (Lipinski definition) is 10. The highest BCUT2D eigenvalue weighted by atomic mass is 32.2. The molecule has 4 aromatic carbocycles. The van der Waals surface area contributed by atoms with Crippen molar-refractivity contribution in [3.63, 3.8) is 0 Å². The largest absolute Gasteiger partial charge is 0.378 e. The Hall–Kier alpha value is -5.13. The Morgan fingerprint density at radius 2 is 1.40 bits per heavy atom. The van der Waals surface area contributed by atoms with Crippen LogP contribution in [0.25, 0.3) is 0 Å². The number of ether oxygens (including phenoxy) is 1. The minimum atomic E-state index is -0.766. The molecule has 1 heterocycles. The van der Waals surface area contributed by atoms with E-state index >= 15 is 0 Å². The number of ketones is 2. The van der Waals surface area contributed by atoms with E-state index in [1.807, 2.05) is 36.4 Å². The molecular formula is C34H29N3O7S. The van der Waals surface area contributed by atoms with Crippen molar-refractivity contribution in [1.82, 2.24) is 0 Å². The first-order valence-electron chi connectivity index (χ1n) is 14.1. The summed E-state index contributed by atoms with van der Waals surface area (Å²) < 4.78 is 5.41. The Kier molecular flexibility index (Phi) is 9.81. The third-order valence-electron chi connectivity index (χ3n) is 7.14. The SMILES string of the molecule is CC(=O)O/N=C(/C(=O)c1ccc(Sc2ccc(C(=O)c3ccc(N4CCOCC4)cc3)cc2)cc1)c1c(C)cccc1[N+](=O)[O-]. The first-order valence-corrected chi connectivity index (χ1v) is 14.9. The molecule has 0 radical (unpaired) electrons. The lowest BCUT2D eigenvalue weighted by atomic mass is 9.96. The van der Waals surface area contributed by atoms with Gasteiger partial charge in [-0.2, -0.15) is 0 Å². The molecule has 10 nitrogen and oxygen atoms in total. The van der Waals surface area contributed by atoms with Crippen LogP contribution in [-0.2, 0) is 14.4 Å². The maximum absolute atomic E-state index is 13.5. The van der Waals surface area contributed by atoms with Gasteiger partial charge in [-0.15, -0.1) is 0 Å². The minimum Gasteiger partial charge on any atom is -0.378 e. The van der Waals surface area contributed by atoms with Crippen LogP contribution in [-0.4, -0.2) is 54.5 Å². The fraction of sp³-hybridized carbons (Fsp3) is 0.176. The highest BCUT2D eigenvalue weighted by molar-refractivity contribution is 7.99. The average molecular weight is 624 g/mol. The van der Waals surface area contributed by atoms with Gasteiger partial charge in [0.15, 0.2) is 11.5 Å². The normalized spacial score (nSPS) is 13.3. The number of rotatable bonds is 10. The molecule has 5 rings (SSSR count). The van der Waals surface area contributed by atoms with E-state index in [4.69, 9.17) is 9.57 Å². The molecule has 0 spiro atoms. The predicted octanol–water partition coefficient (Wildman–Crippen LogP) is 6.27. The number of carbonyl (C=O) groups excluding carboxylic acids is 3. The molecule has 11 heteroatoms. The zero-order chi connectivity index (χ0) is 31.9. The number of morpholine rings is 1. The third kappa shape index (κ3) is 7.51. The van der Waals surface area contributed by atoms with Crippen molar-refractivity contribution in [3.05, 3.63) is 129 Å². The standard InChI is InChI=1S/C34H29N3O7S/c1-22-4-3-5-30(37(41)42)31(22)32(35-44-23(2)38)34(40)26-10-16-29(17-11-26)45-28-14-8-25(9-15-28)33(39)24-6-12-27(13-7-24)36-18-20-43-21-19-36/h3-17H,18-21H2,1-2H3/b35-32+. The van der Waals surface area contributed by atoms with Gasteiger partial charge in [0, 0.05) is 58.2 Å². The van der Waals surface area contributed by atoms with Crippen LogP contribution in [0.15, 0.2) is 106 Å². The predicted molar refractivity (Wildman–Crippen MR) is 170 cm³/mol. The average Bonchev–Trinajstić information content (AvgIpc) is 3.06. The number of oxime groups is 1. The number of hydrogen-bond donors (Lipinski definition) is 0. The number of nitro benzene ring substituents is 1. The lowest BCUT2D eigenvalue weighted by Crippen LogP contribution is -2.36. The molecule has 0 unspecified atom stereocenters. The zero-order valence-corrected chi connectivity index (χ0v) is 25.4. The Bertz CT molecular complexity index is 1760. The van der Waals surface area contributed by atoms with Crippen molar-refractivity contribution in [3.8, 4) is 0 Å². The number of Topliss-reactive ketones (excluding diaryl/α,β-unsaturated/α-hetero) is 1. The van der Waals surface area contributed by atoms with Crippen LogP contribution in [0.1, 0.15) is 44.3 Å². The Labute approximate surface area is 263 Å². The van der Waals surface area contributed by atoms with Gasteiger partial charge in [-0.3, -0.25) is 19.7 Å². The molecule has 1 aliphatic heterocycles. The molecule has 0 saturated carbocycles. The van der Waals surface area contributed by atoms with E-state index in [1.54, 1.807) is 49.4 Å². The van der Waals surface area contributed by atoms with Crippen molar-refractivity contribution in [1.29, 1.82) is 0 Å². The minimum absolute atomic E-state index is 0.0186. The first kappa shape index (κ1) is 31.3. The number of carbonyl (C=O) groups is 3. The molecule has 0 amide bonds. The molecule has 4 aromatic rings. The fourth-order valence-corrected chi connectivity index (χ4v) is 5.67. The van der Waals surface area contributed by atoms with E-state index in [0.29, 0.717) is 29.9 Å². The van der Waals surface area contributed by atoms with Crippen molar-refractivity contribution in [2.75, 3.05) is 31.2 Å². The number of anilines is 1. The van der Waals surface area contributed by atoms with Crippen molar-refractivity contribution < 1.29 is 28.9 Å². The molecule has 0 aliphatic carbocycles. The Balaban J connectivity index is 1.28. The van der Waals surface area contributed by atoms with Crippen molar-refractivity contribution in [2.45, 2.75) is 23.6 Å². The van der Waals surface area contributed by atoms with Crippen LogP contribution in [0.2, 0.25) is 0 Å². The monoisotopic (exact) mass is 623 g/mol. The van der Waals surface area contributed by atoms with E-state index in [-0.39, 0.29) is 28.3 Å². The number of nitro groups is 1. The second-order valence-corrected chi connectivity index (χ2v) is 11.4. The van der Waals surface area contributed by atoms with E-state index in [1.165, 1.54) is 23.9 Å². The quantitative estimate of drug-likeness (QED) is 0.0660. The van der Waals surface area contributed by atoms with Gasteiger partial charge in [-0.05, 0) is 85.3 Å². The summed E-state index contributed by atoms with van der Waals surface area (Å²) in [6, 6.07) is 25.9. The van der Waals surface area contributed by atoms with E-state index in [9.17, 15) is 24.5 Å². The summed E-state index contributed by atoms with van der Waals surface area (Å²) >= 11 is 1.44. The van der Waals surface area contributed by atoms with Gasteiger partial charge in [-0.1, -0.05) is 29.1 Å². The third-order valence-corrected chi connectivity index (χ3v) is 8.16. The summed E-state index contributed by atoms with van der Waals surface area (Å²) in [6.45, 7) is 5.78. The van der Waals surface area contributed by atoms with E-state index in [2.05, 4.69) is 10.1 Å². The second-order valence-electron chi connectivity index (χ2n) is 10.2. The van der Waals surface area contributed by atoms with Gasteiger partial charge in [0.2, 0.25) is 5.78 Å². The van der Waals surface area contributed by atoms with Gasteiger partial charge in [0.05, 0.1) is 23.7 Å². The van der Waals surface area contributed by atoms with Gasteiger partial charge in [-0.25, -0.2) is 4.79 Å². The molecule has 1 saturated heterocycles. The number of nitrogens with zero attached hydrogens (tertiary/aromatic N) is 3. The van der Waals surface area contributed by atoms with Crippen LogP contribution in [0.5, 0.6) is 0 Å². The highest BCUT2D eigenvalue weighted by Crippen LogP contribution is 2.30. The molecule has 228 valence electrons. The van der Waals surface area contributed by atoms with Crippen LogP contribution >= 0.6 is 11.8 Å². The van der Waals surface area contributed by atoms with Crippen LogP contribution in [0.4, 0.5) is 11.4 Å².